The maximum absolute atomic E-state index is 12.6. The molecule has 150 valence electrons. The third-order valence-electron chi connectivity index (χ3n) is 4.50. The summed E-state index contributed by atoms with van der Waals surface area (Å²) < 4.78 is 8.13. The second-order valence-corrected chi connectivity index (χ2v) is 6.40. The number of nitrogens with zero attached hydrogens (tertiary/aromatic N) is 2. The number of carbonyl (C=O) groups excluding carboxylic acids is 1. The Bertz CT molecular complexity index is 1160. The zero-order chi connectivity index (χ0) is 20.8. The van der Waals surface area contributed by atoms with E-state index in [4.69, 9.17) is 4.74 Å². The van der Waals surface area contributed by atoms with E-state index in [1.165, 1.54) is 9.13 Å². The maximum Gasteiger partial charge on any atom is 0.317 e. The highest BCUT2D eigenvalue weighted by molar-refractivity contribution is 5.80. The van der Waals surface area contributed by atoms with E-state index in [-0.39, 0.29) is 25.5 Å². The third kappa shape index (κ3) is 4.29. The van der Waals surface area contributed by atoms with Crippen molar-refractivity contribution in [1.82, 2.24) is 14.5 Å². The van der Waals surface area contributed by atoms with Gasteiger partial charge in [-0.25, -0.2) is 0 Å². The molecule has 0 spiro atoms. The second-order valence-electron chi connectivity index (χ2n) is 6.40. The van der Waals surface area contributed by atoms with Crippen LogP contribution in [0.1, 0.15) is 12.5 Å². The molecule has 1 amide bonds. The first-order valence-corrected chi connectivity index (χ1v) is 9.37. The highest BCUT2D eigenvalue weighted by atomic mass is 16.5. The maximum atomic E-state index is 12.6. The number of allylic oxidation sites excluding steroid dienone is 1. The van der Waals surface area contributed by atoms with Gasteiger partial charge in [0, 0.05) is 18.7 Å². The van der Waals surface area contributed by atoms with Gasteiger partial charge in [-0.15, -0.1) is 6.58 Å². The molecule has 0 fully saturated rings. The molecule has 0 saturated heterocycles. The molecule has 7 nitrogen and oxygen atoms in total. The van der Waals surface area contributed by atoms with E-state index >= 15 is 0 Å². The normalized spacial score (nSPS) is 10.7. The number of aromatic nitrogens is 2. The highest BCUT2D eigenvalue weighted by Crippen LogP contribution is 2.17. The summed E-state index contributed by atoms with van der Waals surface area (Å²) in [7, 11) is 0. The fourth-order valence-electron chi connectivity index (χ4n) is 3.18. The number of benzene rings is 2. The Hall–Kier alpha value is -3.61. The number of para-hydroxylation sites is 3. The molecule has 7 heteroatoms. The molecule has 3 rings (SSSR count). The van der Waals surface area contributed by atoms with Crippen molar-refractivity contribution in [2.75, 3.05) is 6.61 Å². The summed E-state index contributed by atoms with van der Waals surface area (Å²) in [6, 6.07) is 14.4. The van der Waals surface area contributed by atoms with Gasteiger partial charge in [-0.3, -0.25) is 23.5 Å². The standard InChI is InChI=1S/C22H23N3O4/c1-3-13-24-17-10-6-7-11-18(17)25(22(28)21(24)27)15-20(26)23-14-16-9-5-8-12-19(16)29-4-2/h3,5-12H,1,4,13-15H2,2H3,(H,23,26). The SMILES string of the molecule is C=CCn1c(=O)c(=O)n(CC(=O)NCc2ccccc2OCC)c2ccccc21. The fourth-order valence-corrected chi connectivity index (χ4v) is 3.18. The summed E-state index contributed by atoms with van der Waals surface area (Å²) in [6.45, 7) is 6.27. The monoisotopic (exact) mass is 393 g/mol. The van der Waals surface area contributed by atoms with Gasteiger partial charge < -0.3 is 10.1 Å². The number of carbonyl (C=O) groups is 1. The van der Waals surface area contributed by atoms with Crippen LogP contribution in [0.15, 0.2) is 70.8 Å². The van der Waals surface area contributed by atoms with E-state index in [9.17, 15) is 14.4 Å². The first kappa shape index (κ1) is 20.1. The zero-order valence-corrected chi connectivity index (χ0v) is 16.3. The van der Waals surface area contributed by atoms with Crippen LogP contribution in [0, 0.1) is 0 Å². The minimum absolute atomic E-state index is 0.218. The van der Waals surface area contributed by atoms with E-state index in [0.29, 0.717) is 23.4 Å². The van der Waals surface area contributed by atoms with Crippen LogP contribution in [-0.4, -0.2) is 21.6 Å². The first-order chi connectivity index (χ1) is 14.1. The molecule has 0 unspecified atom stereocenters. The molecule has 3 aromatic rings. The zero-order valence-electron chi connectivity index (χ0n) is 16.3. The number of nitrogens with one attached hydrogen (secondary N) is 1. The van der Waals surface area contributed by atoms with Gasteiger partial charge in [0.1, 0.15) is 12.3 Å². The Morgan fingerprint density at radius 2 is 1.66 bits per heavy atom. The predicted molar refractivity (Wildman–Crippen MR) is 112 cm³/mol. The van der Waals surface area contributed by atoms with Crippen molar-refractivity contribution in [2.24, 2.45) is 0 Å². The largest absolute Gasteiger partial charge is 0.494 e. The summed E-state index contributed by atoms with van der Waals surface area (Å²) in [5.74, 6) is 0.328. The molecular formula is C22H23N3O4. The number of hydrogen-bond acceptors (Lipinski definition) is 4. The first-order valence-electron chi connectivity index (χ1n) is 9.37. The Balaban J connectivity index is 1.87. The van der Waals surface area contributed by atoms with E-state index in [2.05, 4.69) is 11.9 Å². The van der Waals surface area contributed by atoms with Crippen LogP contribution in [0.25, 0.3) is 11.0 Å². The molecular weight excluding hydrogens is 370 g/mol. The smallest absolute Gasteiger partial charge is 0.317 e. The quantitative estimate of drug-likeness (QED) is 0.469. The van der Waals surface area contributed by atoms with Crippen molar-refractivity contribution in [3.63, 3.8) is 0 Å². The molecule has 2 aromatic carbocycles. The lowest BCUT2D eigenvalue weighted by Crippen LogP contribution is -2.43. The molecule has 0 radical (unpaired) electrons. The van der Waals surface area contributed by atoms with Crippen LogP contribution in [-0.2, 0) is 24.4 Å². The Morgan fingerprint density at radius 1 is 1.03 bits per heavy atom. The number of ether oxygens (including phenoxy) is 1. The van der Waals surface area contributed by atoms with Gasteiger partial charge in [0.15, 0.2) is 0 Å². The Labute approximate surface area is 167 Å². The summed E-state index contributed by atoms with van der Waals surface area (Å²) in [4.78, 5) is 37.7. The van der Waals surface area contributed by atoms with Crippen LogP contribution >= 0.6 is 0 Å². The van der Waals surface area contributed by atoms with Crippen LogP contribution < -0.4 is 21.2 Å². The average molecular weight is 393 g/mol. The van der Waals surface area contributed by atoms with Crippen LogP contribution in [0.4, 0.5) is 0 Å². The molecule has 0 atom stereocenters. The topological polar surface area (TPSA) is 82.3 Å². The summed E-state index contributed by atoms with van der Waals surface area (Å²) in [5.41, 5.74) is 0.505. The molecule has 0 bridgehead atoms. The van der Waals surface area contributed by atoms with Crippen molar-refractivity contribution in [3.05, 3.63) is 87.5 Å². The minimum Gasteiger partial charge on any atom is -0.494 e. The Morgan fingerprint density at radius 3 is 2.34 bits per heavy atom. The molecule has 0 aliphatic heterocycles. The molecule has 0 aliphatic rings. The van der Waals surface area contributed by atoms with Crippen molar-refractivity contribution >= 4 is 16.9 Å². The summed E-state index contributed by atoms with van der Waals surface area (Å²) in [6.07, 6.45) is 1.56. The average Bonchev–Trinajstić information content (AvgIpc) is 2.74. The molecule has 0 saturated carbocycles. The molecule has 0 aliphatic carbocycles. The Kier molecular flexibility index (Phi) is 6.29. The summed E-state index contributed by atoms with van der Waals surface area (Å²) in [5, 5.41) is 2.79. The van der Waals surface area contributed by atoms with Gasteiger partial charge in [0.2, 0.25) is 5.91 Å². The van der Waals surface area contributed by atoms with Crippen LogP contribution in [0.5, 0.6) is 5.75 Å². The molecule has 1 aromatic heterocycles. The third-order valence-corrected chi connectivity index (χ3v) is 4.50. The van der Waals surface area contributed by atoms with Crippen molar-refractivity contribution in [1.29, 1.82) is 0 Å². The lowest BCUT2D eigenvalue weighted by Gasteiger charge is -2.14. The van der Waals surface area contributed by atoms with Gasteiger partial charge in [-0.1, -0.05) is 36.4 Å². The van der Waals surface area contributed by atoms with E-state index < -0.39 is 11.1 Å². The second kappa shape index (κ2) is 9.05. The van der Waals surface area contributed by atoms with E-state index in [1.807, 2.05) is 31.2 Å². The lowest BCUT2D eigenvalue weighted by atomic mass is 10.2. The van der Waals surface area contributed by atoms with Crippen molar-refractivity contribution in [3.8, 4) is 5.75 Å². The van der Waals surface area contributed by atoms with Gasteiger partial charge >= 0.3 is 11.1 Å². The molecule has 1 heterocycles. The molecule has 1 N–H and O–H groups in total. The minimum atomic E-state index is -0.740. The number of hydrogen-bond donors (Lipinski definition) is 1. The van der Waals surface area contributed by atoms with Gasteiger partial charge in [0.25, 0.3) is 0 Å². The van der Waals surface area contributed by atoms with Crippen molar-refractivity contribution in [2.45, 2.75) is 26.6 Å². The number of fused-ring (bicyclic) bond motifs is 1. The predicted octanol–water partition coefficient (Wildman–Crippen LogP) is 2.06. The van der Waals surface area contributed by atoms with Gasteiger partial charge in [0.05, 0.1) is 17.6 Å². The lowest BCUT2D eigenvalue weighted by molar-refractivity contribution is -0.121. The molecule has 29 heavy (non-hydrogen) atoms. The number of amides is 1. The van der Waals surface area contributed by atoms with Gasteiger partial charge in [-0.05, 0) is 25.1 Å². The fraction of sp³-hybridized carbons (Fsp3) is 0.227. The van der Waals surface area contributed by atoms with Gasteiger partial charge in [-0.2, -0.15) is 0 Å². The van der Waals surface area contributed by atoms with E-state index in [1.54, 1.807) is 30.3 Å². The summed E-state index contributed by atoms with van der Waals surface area (Å²) >= 11 is 0. The highest BCUT2D eigenvalue weighted by Gasteiger charge is 2.15. The van der Waals surface area contributed by atoms with Crippen LogP contribution in [0.3, 0.4) is 0 Å². The van der Waals surface area contributed by atoms with E-state index in [0.717, 1.165) is 5.56 Å². The number of rotatable bonds is 8. The van der Waals surface area contributed by atoms with Crippen LogP contribution in [0.2, 0.25) is 0 Å². The van der Waals surface area contributed by atoms with Crippen molar-refractivity contribution < 1.29 is 9.53 Å².